The molecule has 1 aromatic rings. The molecule has 4 rings (SSSR count). The normalized spacial score (nSPS) is 33.7. The maximum absolute atomic E-state index is 12.9. The second-order valence-corrected chi connectivity index (χ2v) is 6.61. The van der Waals surface area contributed by atoms with Gasteiger partial charge in [0, 0.05) is 12.6 Å². The number of likely N-dealkylation sites (tertiary alicyclic amines) is 1. The summed E-state index contributed by atoms with van der Waals surface area (Å²) in [4.78, 5) is 28.4. The predicted molar refractivity (Wildman–Crippen MR) is 75.4 cm³/mol. The second kappa shape index (κ2) is 4.56. The molecule has 2 aliphatic heterocycles. The lowest BCUT2D eigenvalue weighted by molar-refractivity contribution is -0.137. The van der Waals surface area contributed by atoms with Gasteiger partial charge < -0.3 is 4.90 Å². The third-order valence-electron chi connectivity index (χ3n) is 5.38. The minimum absolute atomic E-state index is 0.0197. The molecule has 4 atom stereocenters. The number of hydrogen-bond donors (Lipinski definition) is 0. The second-order valence-electron chi connectivity index (χ2n) is 6.61. The number of amides is 2. The molecule has 3 aliphatic rings. The van der Waals surface area contributed by atoms with Gasteiger partial charge in [-0.25, -0.2) is 4.90 Å². The number of rotatable bonds is 1. The molecule has 1 aromatic carbocycles. The summed E-state index contributed by atoms with van der Waals surface area (Å²) in [7, 11) is 1.92. The maximum atomic E-state index is 12.9. The van der Waals surface area contributed by atoms with E-state index < -0.39 is 17.7 Å². The number of imide groups is 1. The minimum Gasteiger partial charge on any atom is -0.302 e. The zero-order chi connectivity index (χ0) is 16.5. The highest BCUT2D eigenvalue weighted by atomic mass is 19.4. The van der Waals surface area contributed by atoms with E-state index in [4.69, 9.17) is 0 Å². The van der Waals surface area contributed by atoms with Crippen molar-refractivity contribution in [3.63, 3.8) is 0 Å². The zero-order valence-electron chi connectivity index (χ0n) is 12.4. The molecule has 4 nitrogen and oxygen atoms in total. The van der Waals surface area contributed by atoms with Gasteiger partial charge in [0.1, 0.15) is 0 Å². The number of fused-ring (bicyclic) bond motifs is 5. The smallest absolute Gasteiger partial charge is 0.302 e. The van der Waals surface area contributed by atoms with Crippen molar-refractivity contribution in [1.29, 1.82) is 0 Å². The Morgan fingerprint density at radius 2 is 1.83 bits per heavy atom. The lowest BCUT2D eigenvalue weighted by Gasteiger charge is -2.28. The summed E-state index contributed by atoms with van der Waals surface area (Å²) in [5.74, 6) is -1.38. The first kappa shape index (κ1) is 14.7. The first-order valence-electron chi connectivity index (χ1n) is 7.54. The van der Waals surface area contributed by atoms with Gasteiger partial charge in [0.15, 0.2) is 0 Å². The quantitative estimate of drug-likeness (QED) is 0.743. The molecule has 2 bridgehead atoms. The fraction of sp³-hybridized carbons (Fsp3) is 0.500. The van der Waals surface area contributed by atoms with Gasteiger partial charge in [-0.15, -0.1) is 0 Å². The van der Waals surface area contributed by atoms with Gasteiger partial charge in [-0.05, 0) is 37.6 Å². The molecule has 2 saturated heterocycles. The Balaban J connectivity index is 1.72. The molecule has 122 valence electrons. The summed E-state index contributed by atoms with van der Waals surface area (Å²) in [6, 6.07) is 4.46. The first-order chi connectivity index (χ1) is 10.8. The highest BCUT2D eigenvalue weighted by Gasteiger charge is 2.63. The van der Waals surface area contributed by atoms with Crippen LogP contribution in [0.4, 0.5) is 18.9 Å². The van der Waals surface area contributed by atoms with Crippen LogP contribution >= 0.6 is 0 Å². The fourth-order valence-corrected chi connectivity index (χ4v) is 4.44. The zero-order valence-corrected chi connectivity index (χ0v) is 12.4. The minimum atomic E-state index is -4.50. The van der Waals surface area contributed by atoms with Gasteiger partial charge in [-0.3, -0.25) is 9.59 Å². The van der Waals surface area contributed by atoms with Crippen LogP contribution in [0.3, 0.4) is 0 Å². The fourth-order valence-electron chi connectivity index (χ4n) is 4.44. The number of piperidine rings is 1. The topological polar surface area (TPSA) is 40.6 Å². The summed E-state index contributed by atoms with van der Waals surface area (Å²) >= 11 is 0. The van der Waals surface area contributed by atoms with E-state index >= 15 is 0 Å². The van der Waals surface area contributed by atoms with Gasteiger partial charge in [-0.1, -0.05) is 6.07 Å². The third-order valence-corrected chi connectivity index (χ3v) is 5.38. The van der Waals surface area contributed by atoms with Crippen LogP contribution in [0.1, 0.15) is 12.0 Å². The molecule has 1 aliphatic carbocycles. The summed E-state index contributed by atoms with van der Waals surface area (Å²) in [6.45, 7) is 0.765. The number of carbonyl (C=O) groups excluding carboxylic acids is 2. The lowest BCUT2D eigenvalue weighted by Crippen LogP contribution is -2.41. The number of benzene rings is 1. The molecule has 7 heteroatoms. The molecule has 2 unspecified atom stereocenters. The Kier molecular flexibility index (Phi) is 2.91. The van der Waals surface area contributed by atoms with Crippen molar-refractivity contribution in [1.82, 2.24) is 4.90 Å². The van der Waals surface area contributed by atoms with E-state index in [0.29, 0.717) is 0 Å². The SMILES string of the molecule is CN1CC2C[C@@H]1C1C(=O)N(c3cccc(C(F)(F)F)c3)C(=O)[C@@H]21. The van der Waals surface area contributed by atoms with Crippen molar-refractivity contribution in [3.8, 4) is 0 Å². The Morgan fingerprint density at radius 1 is 1.13 bits per heavy atom. The van der Waals surface area contributed by atoms with Crippen LogP contribution in [-0.4, -0.2) is 36.3 Å². The van der Waals surface area contributed by atoms with Crippen LogP contribution in [0, 0.1) is 17.8 Å². The molecule has 23 heavy (non-hydrogen) atoms. The van der Waals surface area contributed by atoms with E-state index in [1.165, 1.54) is 12.1 Å². The number of halogens is 3. The predicted octanol–water partition coefficient (Wildman–Crippen LogP) is 2.14. The number of anilines is 1. The molecular formula is C16H15F3N2O2. The Labute approximate surface area is 130 Å². The van der Waals surface area contributed by atoms with E-state index in [-0.39, 0.29) is 35.4 Å². The van der Waals surface area contributed by atoms with Crippen LogP contribution in [-0.2, 0) is 15.8 Å². The average Bonchev–Trinajstić information content (AvgIpc) is 3.10. The van der Waals surface area contributed by atoms with Crippen LogP contribution in [0.25, 0.3) is 0 Å². The third kappa shape index (κ3) is 1.95. The van der Waals surface area contributed by atoms with Gasteiger partial charge in [0.05, 0.1) is 23.1 Å². The molecule has 0 radical (unpaired) electrons. The molecule has 0 spiro atoms. The number of nitrogens with zero attached hydrogens (tertiary/aromatic N) is 2. The van der Waals surface area contributed by atoms with Crippen molar-refractivity contribution in [2.45, 2.75) is 18.6 Å². The van der Waals surface area contributed by atoms with Crippen molar-refractivity contribution in [3.05, 3.63) is 29.8 Å². The van der Waals surface area contributed by atoms with Gasteiger partial charge in [-0.2, -0.15) is 13.2 Å². The molecule has 1 saturated carbocycles. The molecular weight excluding hydrogens is 309 g/mol. The molecule has 3 fully saturated rings. The van der Waals surface area contributed by atoms with Crippen molar-refractivity contribution in [2.24, 2.45) is 17.8 Å². The summed E-state index contributed by atoms with van der Waals surface area (Å²) in [6.07, 6.45) is -3.68. The van der Waals surface area contributed by atoms with Crippen molar-refractivity contribution in [2.75, 3.05) is 18.5 Å². The highest BCUT2D eigenvalue weighted by Crippen LogP contribution is 2.51. The Morgan fingerprint density at radius 3 is 2.52 bits per heavy atom. The Hall–Kier alpha value is -1.89. The summed E-state index contributed by atoms with van der Waals surface area (Å²) in [5.41, 5.74) is -0.834. The first-order valence-corrected chi connectivity index (χ1v) is 7.54. The van der Waals surface area contributed by atoms with Crippen LogP contribution in [0.5, 0.6) is 0 Å². The monoisotopic (exact) mass is 324 g/mol. The molecule has 0 aromatic heterocycles. The highest BCUT2D eigenvalue weighted by molar-refractivity contribution is 6.22. The molecule has 0 N–H and O–H groups in total. The van der Waals surface area contributed by atoms with E-state index in [2.05, 4.69) is 4.90 Å². The number of alkyl halides is 3. The van der Waals surface area contributed by atoms with Gasteiger partial charge >= 0.3 is 6.18 Å². The van der Waals surface area contributed by atoms with Crippen molar-refractivity contribution < 1.29 is 22.8 Å². The van der Waals surface area contributed by atoms with Gasteiger partial charge in [0.25, 0.3) is 0 Å². The summed E-state index contributed by atoms with van der Waals surface area (Å²) < 4.78 is 38.6. The van der Waals surface area contributed by atoms with Crippen molar-refractivity contribution >= 4 is 17.5 Å². The van der Waals surface area contributed by atoms with E-state index in [1.54, 1.807) is 0 Å². The Bertz CT molecular complexity index is 703. The van der Waals surface area contributed by atoms with Crippen LogP contribution in [0.15, 0.2) is 24.3 Å². The lowest BCUT2D eigenvalue weighted by atomic mass is 9.88. The number of hydrogen-bond acceptors (Lipinski definition) is 3. The van der Waals surface area contributed by atoms with E-state index in [1.807, 2.05) is 7.05 Å². The van der Waals surface area contributed by atoms with E-state index in [0.717, 1.165) is 30.0 Å². The largest absolute Gasteiger partial charge is 0.416 e. The van der Waals surface area contributed by atoms with E-state index in [9.17, 15) is 22.8 Å². The number of carbonyl (C=O) groups is 2. The maximum Gasteiger partial charge on any atom is 0.416 e. The van der Waals surface area contributed by atoms with Crippen LogP contribution in [0.2, 0.25) is 0 Å². The molecule has 2 amide bonds. The standard InChI is InChI=1S/C16H15F3N2O2/c1-20-7-8-5-11(20)13-12(8)14(22)21(15(13)23)10-4-2-3-9(6-10)16(17,18)19/h2-4,6,8,11-13H,5,7H2,1H3/t8?,11-,12+,13?/m1/s1. The van der Waals surface area contributed by atoms with Gasteiger partial charge in [0.2, 0.25) is 11.8 Å². The van der Waals surface area contributed by atoms with Crippen LogP contribution < -0.4 is 4.90 Å². The summed E-state index contributed by atoms with van der Waals surface area (Å²) in [5, 5.41) is 0. The molecule has 2 heterocycles. The average molecular weight is 324 g/mol.